The number of methoxy groups -OCH3 is 1. The number of halogens is 1. The SMILES string of the molecule is COc1ccc(Cl)cc1CCNC(=O)CC#N. The molecule has 1 aromatic carbocycles. The number of rotatable bonds is 5. The molecule has 0 aliphatic carbocycles. The van der Waals surface area contributed by atoms with E-state index in [2.05, 4.69) is 5.32 Å². The molecule has 0 radical (unpaired) electrons. The van der Waals surface area contributed by atoms with Gasteiger partial charge in [-0.3, -0.25) is 4.79 Å². The van der Waals surface area contributed by atoms with Crippen molar-refractivity contribution in [3.8, 4) is 11.8 Å². The second kappa shape index (κ2) is 6.77. The van der Waals surface area contributed by atoms with Crippen LogP contribution in [0.1, 0.15) is 12.0 Å². The Balaban J connectivity index is 2.54. The smallest absolute Gasteiger partial charge is 0.234 e. The lowest BCUT2D eigenvalue weighted by Crippen LogP contribution is -2.25. The van der Waals surface area contributed by atoms with Gasteiger partial charge in [0, 0.05) is 11.6 Å². The van der Waals surface area contributed by atoms with Crippen LogP contribution in [-0.2, 0) is 11.2 Å². The number of ether oxygens (including phenoxy) is 1. The molecule has 0 aliphatic heterocycles. The summed E-state index contributed by atoms with van der Waals surface area (Å²) in [5, 5.41) is 11.6. The van der Waals surface area contributed by atoms with Gasteiger partial charge in [0.15, 0.2) is 0 Å². The number of nitrogens with one attached hydrogen (secondary N) is 1. The van der Waals surface area contributed by atoms with Crippen molar-refractivity contribution in [3.05, 3.63) is 28.8 Å². The predicted octanol–water partition coefficient (Wildman–Crippen LogP) is 1.92. The van der Waals surface area contributed by atoms with E-state index in [1.54, 1.807) is 31.4 Å². The van der Waals surface area contributed by atoms with Crippen LogP contribution in [0.5, 0.6) is 5.75 Å². The van der Waals surface area contributed by atoms with Gasteiger partial charge in [-0.05, 0) is 30.2 Å². The molecular formula is C12H13ClN2O2. The molecule has 1 N–H and O–H groups in total. The minimum atomic E-state index is -0.270. The number of amides is 1. The first-order valence-corrected chi connectivity index (χ1v) is 5.51. The maximum Gasteiger partial charge on any atom is 0.234 e. The highest BCUT2D eigenvalue weighted by Crippen LogP contribution is 2.22. The van der Waals surface area contributed by atoms with Gasteiger partial charge in [-0.2, -0.15) is 5.26 Å². The summed E-state index contributed by atoms with van der Waals surface area (Å²) in [6.45, 7) is 0.456. The van der Waals surface area contributed by atoms with Gasteiger partial charge in [0.1, 0.15) is 12.2 Å². The monoisotopic (exact) mass is 252 g/mol. The highest BCUT2D eigenvalue weighted by molar-refractivity contribution is 6.30. The Labute approximate surface area is 105 Å². The van der Waals surface area contributed by atoms with E-state index in [-0.39, 0.29) is 12.3 Å². The summed E-state index contributed by atoms with van der Waals surface area (Å²) in [4.78, 5) is 11.1. The number of nitriles is 1. The van der Waals surface area contributed by atoms with Crippen molar-refractivity contribution in [1.82, 2.24) is 5.32 Å². The number of carbonyl (C=O) groups excluding carboxylic acids is 1. The van der Waals surface area contributed by atoms with E-state index in [1.165, 1.54) is 0 Å². The van der Waals surface area contributed by atoms with Crippen molar-refractivity contribution in [3.63, 3.8) is 0 Å². The first-order chi connectivity index (χ1) is 8.17. The second-order valence-corrected chi connectivity index (χ2v) is 3.83. The zero-order chi connectivity index (χ0) is 12.7. The molecule has 4 nitrogen and oxygen atoms in total. The average molecular weight is 253 g/mol. The summed E-state index contributed by atoms with van der Waals surface area (Å²) < 4.78 is 5.18. The summed E-state index contributed by atoms with van der Waals surface area (Å²) in [7, 11) is 1.58. The van der Waals surface area contributed by atoms with Gasteiger partial charge in [0.25, 0.3) is 0 Å². The average Bonchev–Trinajstić information content (AvgIpc) is 2.30. The van der Waals surface area contributed by atoms with Crippen molar-refractivity contribution < 1.29 is 9.53 Å². The van der Waals surface area contributed by atoms with Crippen LogP contribution < -0.4 is 10.1 Å². The number of nitrogens with zero attached hydrogens (tertiary/aromatic N) is 1. The predicted molar refractivity (Wildman–Crippen MR) is 64.9 cm³/mol. The van der Waals surface area contributed by atoms with Crippen molar-refractivity contribution >= 4 is 17.5 Å². The lowest BCUT2D eigenvalue weighted by Gasteiger charge is -2.09. The Kier molecular flexibility index (Phi) is 5.31. The molecule has 90 valence electrons. The first-order valence-electron chi connectivity index (χ1n) is 5.13. The Morgan fingerprint density at radius 2 is 2.35 bits per heavy atom. The molecule has 1 amide bonds. The van der Waals surface area contributed by atoms with Crippen LogP contribution in [-0.4, -0.2) is 19.6 Å². The maximum absolute atomic E-state index is 11.1. The second-order valence-electron chi connectivity index (χ2n) is 3.39. The Morgan fingerprint density at radius 3 is 3.00 bits per heavy atom. The van der Waals surface area contributed by atoms with Crippen molar-refractivity contribution in [1.29, 1.82) is 5.26 Å². The summed E-state index contributed by atoms with van der Waals surface area (Å²) in [6.07, 6.45) is 0.494. The van der Waals surface area contributed by atoms with E-state index in [9.17, 15) is 4.79 Å². The van der Waals surface area contributed by atoms with Crippen LogP contribution in [0.2, 0.25) is 5.02 Å². The zero-order valence-corrected chi connectivity index (χ0v) is 10.3. The van der Waals surface area contributed by atoms with Crippen molar-refractivity contribution in [2.75, 3.05) is 13.7 Å². The van der Waals surface area contributed by atoms with Gasteiger partial charge < -0.3 is 10.1 Å². The fraction of sp³-hybridized carbons (Fsp3) is 0.333. The molecule has 0 unspecified atom stereocenters. The number of hydrogen-bond donors (Lipinski definition) is 1. The van der Waals surface area contributed by atoms with Crippen LogP contribution >= 0.6 is 11.6 Å². The molecule has 5 heteroatoms. The molecule has 0 heterocycles. The molecule has 0 bridgehead atoms. The quantitative estimate of drug-likeness (QED) is 0.871. The summed E-state index contributed by atoms with van der Waals surface area (Å²) in [6, 6.07) is 7.13. The van der Waals surface area contributed by atoms with E-state index >= 15 is 0 Å². The minimum absolute atomic E-state index is 0.118. The van der Waals surface area contributed by atoms with Crippen molar-refractivity contribution in [2.24, 2.45) is 0 Å². The Morgan fingerprint density at radius 1 is 1.59 bits per heavy atom. The van der Waals surface area contributed by atoms with Gasteiger partial charge >= 0.3 is 0 Å². The van der Waals surface area contributed by atoms with Crippen LogP contribution in [0.25, 0.3) is 0 Å². The topological polar surface area (TPSA) is 62.1 Å². The summed E-state index contributed by atoms with van der Waals surface area (Å²) in [5.41, 5.74) is 0.928. The molecule has 17 heavy (non-hydrogen) atoms. The van der Waals surface area contributed by atoms with Crippen LogP contribution in [0.15, 0.2) is 18.2 Å². The fourth-order valence-corrected chi connectivity index (χ4v) is 1.61. The van der Waals surface area contributed by atoms with Crippen molar-refractivity contribution in [2.45, 2.75) is 12.8 Å². The molecule has 0 aromatic heterocycles. The van der Waals surface area contributed by atoms with E-state index in [1.807, 2.05) is 0 Å². The molecular weight excluding hydrogens is 240 g/mol. The largest absolute Gasteiger partial charge is 0.496 e. The van der Waals surface area contributed by atoms with E-state index in [0.29, 0.717) is 18.0 Å². The summed E-state index contributed by atoms with van der Waals surface area (Å²) >= 11 is 5.88. The third-order valence-corrected chi connectivity index (χ3v) is 2.43. The van der Waals surface area contributed by atoms with Crippen LogP contribution in [0, 0.1) is 11.3 Å². The van der Waals surface area contributed by atoms with E-state index < -0.39 is 0 Å². The highest BCUT2D eigenvalue weighted by Gasteiger charge is 2.05. The molecule has 0 saturated heterocycles. The molecule has 0 fully saturated rings. The van der Waals surface area contributed by atoms with Gasteiger partial charge in [0.05, 0.1) is 13.2 Å². The number of hydrogen-bond acceptors (Lipinski definition) is 3. The van der Waals surface area contributed by atoms with Gasteiger partial charge in [-0.25, -0.2) is 0 Å². The lowest BCUT2D eigenvalue weighted by molar-refractivity contribution is -0.120. The van der Waals surface area contributed by atoms with Gasteiger partial charge in [0.2, 0.25) is 5.91 Å². The molecule has 0 atom stereocenters. The molecule has 0 aliphatic rings. The van der Waals surface area contributed by atoms with Gasteiger partial charge in [-0.1, -0.05) is 11.6 Å². The molecule has 0 spiro atoms. The van der Waals surface area contributed by atoms with E-state index in [0.717, 1.165) is 11.3 Å². The molecule has 1 rings (SSSR count). The minimum Gasteiger partial charge on any atom is -0.496 e. The molecule has 0 saturated carbocycles. The first kappa shape index (κ1) is 13.3. The highest BCUT2D eigenvalue weighted by atomic mass is 35.5. The maximum atomic E-state index is 11.1. The Bertz CT molecular complexity index is 441. The standard InChI is InChI=1S/C12H13ClN2O2/c1-17-11-3-2-10(13)8-9(11)5-7-15-12(16)4-6-14/h2-3,8H,4-5,7H2,1H3,(H,15,16). The number of benzene rings is 1. The van der Waals surface area contributed by atoms with Crippen LogP contribution in [0.3, 0.4) is 0 Å². The van der Waals surface area contributed by atoms with E-state index in [4.69, 9.17) is 21.6 Å². The lowest BCUT2D eigenvalue weighted by atomic mass is 10.1. The third-order valence-electron chi connectivity index (χ3n) is 2.20. The zero-order valence-electron chi connectivity index (χ0n) is 9.50. The summed E-state index contributed by atoms with van der Waals surface area (Å²) in [5.74, 6) is 0.470. The molecule has 1 aromatic rings. The number of carbonyl (C=O) groups is 1. The van der Waals surface area contributed by atoms with Crippen LogP contribution in [0.4, 0.5) is 0 Å². The fourth-order valence-electron chi connectivity index (χ4n) is 1.41. The van der Waals surface area contributed by atoms with Gasteiger partial charge in [-0.15, -0.1) is 0 Å². The normalized spacial score (nSPS) is 9.47. The Hall–Kier alpha value is -1.73. The third kappa shape index (κ3) is 4.33.